The highest BCUT2D eigenvalue weighted by Gasteiger charge is 2.54. The topological polar surface area (TPSA) is 207 Å². The van der Waals surface area contributed by atoms with E-state index in [9.17, 15) is 39.2 Å². The van der Waals surface area contributed by atoms with Crippen LogP contribution in [-0.2, 0) is 41.7 Å². The summed E-state index contributed by atoms with van der Waals surface area (Å²) in [6.45, 7) is 0.508. The van der Waals surface area contributed by atoms with Crippen molar-refractivity contribution in [2.75, 3.05) is 12.4 Å². The number of aliphatic carboxylic acids is 1. The summed E-state index contributed by atoms with van der Waals surface area (Å²) in [4.78, 5) is 73.5. The first kappa shape index (κ1) is 31.0. The predicted octanol–water partition coefficient (Wildman–Crippen LogP) is 1.24. The van der Waals surface area contributed by atoms with Crippen LogP contribution in [-0.4, -0.2) is 74.6 Å². The van der Waals surface area contributed by atoms with E-state index in [0.717, 1.165) is 10.5 Å². The van der Waals surface area contributed by atoms with Gasteiger partial charge in [0.15, 0.2) is 0 Å². The van der Waals surface area contributed by atoms with Crippen molar-refractivity contribution < 1.29 is 43.5 Å². The number of fused-ring (bicyclic) bond motifs is 1. The molecule has 2 aliphatic rings. The van der Waals surface area contributed by atoms with Crippen LogP contribution in [0, 0.1) is 10.1 Å². The summed E-state index contributed by atoms with van der Waals surface area (Å²) < 4.78 is 10.00. The molecule has 2 heterocycles. The molecule has 0 radical (unpaired) electrons. The lowest BCUT2D eigenvalue weighted by molar-refractivity contribution is -0.385. The first-order valence-corrected chi connectivity index (χ1v) is 13.9. The number of nitro groups is 1. The second-order valence-electron chi connectivity index (χ2n) is 9.41. The maximum Gasteiger partial charge on any atom is 0.421 e. The van der Waals surface area contributed by atoms with Gasteiger partial charge >= 0.3 is 18.0 Å². The molecule has 2 aliphatic heterocycles. The van der Waals surface area contributed by atoms with E-state index in [1.54, 1.807) is 36.4 Å². The standard InChI is InChI=1S/C27H27N5O10S/c1-15(33)41-13-18-14-43-25-21(24(35)31(25)22(18)26(36)37)28-23(34)19(11-16-7-3-2-4-8-16)29-30-27(38)42-12-17-9-5-6-10-20(17)32(39)40/h2-10,19,21,25,29H,11-14H2,1H3,(H,28,34)(H,30,38)(H,36,37)/t19-,21-,25?/m1/s1. The van der Waals surface area contributed by atoms with E-state index in [4.69, 9.17) is 9.47 Å². The number of thioether (sulfide) groups is 1. The van der Waals surface area contributed by atoms with E-state index >= 15 is 0 Å². The molecule has 0 aliphatic carbocycles. The van der Waals surface area contributed by atoms with Gasteiger partial charge in [0.05, 0.1) is 10.5 Å². The average molecular weight is 614 g/mol. The lowest BCUT2D eigenvalue weighted by Crippen LogP contribution is -2.72. The summed E-state index contributed by atoms with van der Waals surface area (Å²) in [6, 6.07) is 12.5. The maximum absolute atomic E-state index is 13.3. The smallest absolute Gasteiger partial charge is 0.421 e. The number of esters is 1. The molecule has 0 bridgehead atoms. The van der Waals surface area contributed by atoms with E-state index in [1.807, 2.05) is 0 Å². The highest BCUT2D eigenvalue weighted by molar-refractivity contribution is 8.00. The Balaban J connectivity index is 1.41. The number of nitro benzene ring substituents is 1. The summed E-state index contributed by atoms with van der Waals surface area (Å²) in [7, 11) is 0. The second kappa shape index (κ2) is 13.8. The number of hydrogen-bond acceptors (Lipinski definition) is 11. The van der Waals surface area contributed by atoms with Crippen molar-refractivity contribution in [3.05, 3.63) is 87.1 Å². The minimum atomic E-state index is -1.36. The molecule has 15 nitrogen and oxygen atoms in total. The zero-order valence-electron chi connectivity index (χ0n) is 22.7. The highest BCUT2D eigenvalue weighted by Crippen LogP contribution is 2.40. The molecule has 1 saturated heterocycles. The zero-order valence-corrected chi connectivity index (χ0v) is 23.5. The molecule has 2 aromatic carbocycles. The number of benzene rings is 2. The number of carbonyl (C=O) groups excluding carboxylic acids is 4. The molecule has 1 fully saturated rings. The lowest BCUT2D eigenvalue weighted by Gasteiger charge is -2.49. The van der Waals surface area contributed by atoms with Gasteiger partial charge in [0.25, 0.3) is 11.6 Å². The zero-order chi connectivity index (χ0) is 31.1. The van der Waals surface area contributed by atoms with Gasteiger partial charge in [-0.3, -0.25) is 34.8 Å². The fourth-order valence-electron chi connectivity index (χ4n) is 4.43. The van der Waals surface area contributed by atoms with Crippen LogP contribution in [0.15, 0.2) is 65.9 Å². The summed E-state index contributed by atoms with van der Waals surface area (Å²) >= 11 is 1.21. The molecule has 2 aromatic rings. The number of amides is 3. The predicted molar refractivity (Wildman–Crippen MR) is 150 cm³/mol. The van der Waals surface area contributed by atoms with Gasteiger partial charge in [-0.25, -0.2) is 15.0 Å². The summed E-state index contributed by atoms with van der Waals surface area (Å²) in [5.41, 5.74) is 5.50. The van der Waals surface area contributed by atoms with E-state index < -0.39 is 58.8 Å². The molecule has 4 N–H and O–H groups in total. The number of nitrogens with one attached hydrogen (secondary N) is 3. The molecule has 0 spiro atoms. The van der Waals surface area contributed by atoms with Gasteiger partial charge in [0.2, 0.25) is 5.91 Å². The van der Waals surface area contributed by atoms with Crippen molar-refractivity contribution >= 4 is 47.3 Å². The Kier molecular flexibility index (Phi) is 9.95. The molecule has 43 heavy (non-hydrogen) atoms. The Labute approximate surface area is 248 Å². The summed E-state index contributed by atoms with van der Waals surface area (Å²) in [6.07, 6.45) is -0.916. The van der Waals surface area contributed by atoms with Gasteiger partial charge in [-0.05, 0) is 18.1 Å². The Morgan fingerprint density at radius 1 is 1.09 bits per heavy atom. The first-order valence-electron chi connectivity index (χ1n) is 12.8. The molecule has 0 aromatic heterocycles. The molecule has 3 atom stereocenters. The van der Waals surface area contributed by atoms with Gasteiger partial charge in [-0.15, -0.1) is 11.8 Å². The van der Waals surface area contributed by atoms with Gasteiger partial charge in [-0.2, -0.15) is 0 Å². The molecule has 226 valence electrons. The number of nitrogens with zero attached hydrogens (tertiary/aromatic N) is 2. The van der Waals surface area contributed by atoms with Crippen LogP contribution in [0.3, 0.4) is 0 Å². The number of rotatable bonds is 12. The normalized spacial score (nSPS) is 18.1. The van der Waals surface area contributed by atoms with Crippen LogP contribution >= 0.6 is 11.8 Å². The summed E-state index contributed by atoms with van der Waals surface area (Å²) in [5.74, 6) is -3.11. The number of carbonyl (C=O) groups is 5. The quantitative estimate of drug-likeness (QED) is 0.115. The molecule has 4 rings (SSSR count). The van der Waals surface area contributed by atoms with Crippen LogP contribution in [0.5, 0.6) is 0 Å². The van der Waals surface area contributed by atoms with Crippen molar-refractivity contribution in [1.82, 2.24) is 21.1 Å². The van der Waals surface area contributed by atoms with Crippen LogP contribution < -0.4 is 16.2 Å². The van der Waals surface area contributed by atoms with Crippen molar-refractivity contribution in [3.63, 3.8) is 0 Å². The van der Waals surface area contributed by atoms with E-state index in [-0.39, 0.29) is 41.3 Å². The van der Waals surface area contributed by atoms with Crippen LogP contribution in [0.1, 0.15) is 18.1 Å². The van der Waals surface area contributed by atoms with Crippen LogP contribution in [0.4, 0.5) is 10.5 Å². The van der Waals surface area contributed by atoms with Gasteiger partial charge in [0, 0.05) is 24.3 Å². The Morgan fingerprint density at radius 2 is 1.79 bits per heavy atom. The van der Waals surface area contributed by atoms with Gasteiger partial charge in [0.1, 0.15) is 36.4 Å². The largest absolute Gasteiger partial charge is 0.477 e. The van der Waals surface area contributed by atoms with Crippen LogP contribution in [0.25, 0.3) is 0 Å². The third-order valence-corrected chi connectivity index (χ3v) is 7.83. The fourth-order valence-corrected chi connectivity index (χ4v) is 5.76. The highest BCUT2D eigenvalue weighted by atomic mass is 32.2. The van der Waals surface area contributed by atoms with Crippen molar-refractivity contribution in [1.29, 1.82) is 0 Å². The Bertz CT molecular complexity index is 1470. The minimum Gasteiger partial charge on any atom is -0.477 e. The third-order valence-electron chi connectivity index (χ3n) is 6.49. The molecule has 3 amide bonds. The van der Waals surface area contributed by atoms with E-state index in [1.165, 1.54) is 36.9 Å². The Morgan fingerprint density at radius 3 is 2.47 bits per heavy atom. The second-order valence-corrected chi connectivity index (χ2v) is 10.5. The minimum absolute atomic E-state index is 0.0896. The fraction of sp³-hybridized carbons (Fsp3) is 0.296. The third kappa shape index (κ3) is 7.47. The molecule has 1 unspecified atom stereocenters. The van der Waals surface area contributed by atoms with Gasteiger partial charge < -0.3 is 19.9 Å². The molecular formula is C27H27N5O10S. The summed E-state index contributed by atoms with van der Waals surface area (Å²) in [5, 5.41) is 22.8. The van der Waals surface area contributed by atoms with Crippen molar-refractivity contribution in [2.24, 2.45) is 0 Å². The van der Waals surface area contributed by atoms with E-state index in [2.05, 4.69) is 16.2 Å². The molecular weight excluding hydrogens is 586 g/mol. The number of hydrazine groups is 1. The number of carboxylic acids is 1. The molecule has 16 heteroatoms. The number of para-hydroxylation sites is 1. The first-order chi connectivity index (χ1) is 20.6. The van der Waals surface area contributed by atoms with E-state index in [0.29, 0.717) is 0 Å². The number of ether oxygens (including phenoxy) is 2. The molecule has 0 saturated carbocycles. The van der Waals surface area contributed by atoms with Gasteiger partial charge in [-0.1, -0.05) is 42.5 Å². The Hall–Kier alpha value is -4.96. The SMILES string of the molecule is CC(=O)OCC1=C(C(=O)O)N2C(=O)[C@@H](NC(=O)[C@@H](Cc3ccccc3)NNC(=O)OCc3ccccc3[N+](=O)[O-])C2SC1. The number of hydrogen-bond donors (Lipinski definition) is 4. The lowest BCUT2D eigenvalue weighted by atomic mass is 10.0. The van der Waals surface area contributed by atoms with Crippen molar-refractivity contribution in [2.45, 2.75) is 37.4 Å². The number of β-lactam (4-membered cyclic amide) rings is 1. The van der Waals surface area contributed by atoms with Crippen LogP contribution in [0.2, 0.25) is 0 Å². The maximum atomic E-state index is 13.3. The number of carboxylic acid groups (broad SMARTS) is 1. The van der Waals surface area contributed by atoms with Crippen molar-refractivity contribution in [3.8, 4) is 0 Å². The average Bonchev–Trinajstić information content (AvgIpc) is 2.99. The monoisotopic (exact) mass is 613 g/mol.